The molecule has 0 radical (unpaired) electrons. The quantitative estimate of drug-likeness (QED) is 0.498. The Morgan fingerprint density at radius 3 is 2.39 bits per heavy atom. The largest absolute Gasteiger partial charge is 0.484 e. The predicted octanol–water partition coefficient (Wildman–Crippen LogP) is 3.50. The van der Waals surface area contributed by atoms with E-state index in [0.717, 1.165) is 4.88 Å². The summed E-state index contributed by atoms with van der Waals surface area (Å²) in [6.45, 7) is 5.59. The van der Waals surface area contributed by atoms with E-state index < -0.39 is 23.4 Å². The molecular formula is C24H27N3O5S. The SMILES string of the molecule is CC(C)(C)NC(=O)[C@@H](c1ccc(OCC(N)=O)cc1)N(Cc1cccs1)C(=O)c1ccco1. The van der Waals surface area contributed by atoms with E-state index in [1.807, 2.05) is 38.3 Å². The summed E-state index contributed by atoms with van der Waals surface area (Å²) in [5, 5.41) is 4.90. The van der Waals surface area contributed by atoms with E-state index in [2.05, 4.69) is 5.32 Å². The van der Waals surface area contributed by atoms with E-state index in [1.165, 1.54) is 22.5 Å². The molecule has 2 aromatic heterocycles. The highest BCUT2D eigenvalue weighted by molar-refractivity contribution is 7.09. The fraction of sp³-hybridized carbons (Fsp3) is 0.292. The van der Waals surface area contributed by atoms with E-state index in [4.69, 9.17) is 14.9 Å². The summed E-state index contributed by atoms with van der Waals surface area (Å²) >= 11 is 1.50. The van der Waals surface area contributed by atoms with Crippen LogP contribution in [-0.4, -0.2) is 34.8 Å². The van der Waals surface area contributed by atoms with Crippen LogP contribution in [0.2, 0.25) is 0 Å². The number of carbonyl (C=O) groups excluding carboxylic acids is 3. The molecule has 0 saturated heterocycles. The van der Waals surface area contributed by atoms with Gasteiger partial charge >= 0.3 is 0 Å². The van der Waals surface area contributed by atoms with Gasteiger partial charge in [0.2, 0.25) is 5.91 Å². The van der Waals surface area contributed by atoms with Gasteiger partial charge in [-0.15, -0.1) is 11.3 Å². The minimum Gasteiger partial charge on any atom is -0.484 e. The number of thiophene rings is 1. The van der Waals surface area contributed by atoms with E-state index in [0.29, 0.717) is 11.3 Å². The molecule has 0 fully saturated rings. The molecule has 0 bridgehead atoms. The summed E-state index contributed by atoms with van der Waals surface area (Å²) in [5.41, 5.74) is 5.20. The Hall–Kier alpha value is -3.59. The molecule has 3 aromatic rings. The molecule has 0 aliphatic rings. The van der Waals surface area contributed by atoms with Gasteiger partial charge in [-0.25, -0.2) is 0 Å². The maximum Gasteiger partial charge on any atom is 0.290 e. The molecule has 2 heterocycles. The standard InChI is InChI=1S/C24H27N3O5S/c1-24(2,3)26-22(29)21(16-8-10-17(11-9-16)32-15-20(25)28)27(14-18-6-5-13-33-18)23(30)19-7-4-12-31-19/h4-13,21H,14-15H2,1-3H3,(H2,25,28)(H,26,29)/t21-/m1/s1. The number of nitrogens with one attached hydrogen (secondary N) is 1. The molecule has 33 heavy (non-hydrogen) atoms. The summed E-state index contributed by atoms with van der Waals surface area (Å²) in [4.78, 5) is 40.3. The fourth-order valence-electron chi connectivity index (χ4n) is 3.20. The number of carbonyl (C=O) groups is 3. The first kappa shape index (κ1) is 24.1. The number of furan rings is 1. The van der Waals surface area contributed by atoms with Gasteiger partial charge in [-0.2, -0.15) is 0 Å². The predicted molar refractivity (Wildman–Crippen MR) is 125 cm³/mol. The molecule has 1 aromatic carbocycles. The Morgan fingerprint density at radius 1 is 1.12 bits per heavy atom. The van der Waals surface area contributed by atoms with Crippen LogP contribution in [0.1, 0.15) is 47.8 Å². The van der Waals surface area contributed by atoms with Gasteiger partial charge in [-0.05, 0) is 62.0 Å². The van der Waals surface area contributed by atoms with Crippen LogP contribution >= 0.6 is 11.3 Å². The second-order valence-corrected chi connectivity index (χ2v) is 9.49. The van der Waals surface area contributed by atoms with Crippen LogP contribution in [0, 0.1) is 0 Å². The Kier molecular flexibility index (Phi) is 7.55. The van der Waals surface area contributed by atoms with Crippen molar-refractivity contribution < 1.29 is 23.5 Å². The summed E-state index contributed by atoms with van der Waals surface area (Å²) < 4.78 is 10.7. The van der Waals surface area contributed by atoms with Crippen LogP contribution in [0.5, 0.6) is 5.75 Å². The van der Waals surface area contributed by atoms with Crippen molar-refractivity contribution in [2.75, 3.05) is 6.61 Å². The summed E-state index contributed by atoms with van der Waals surface area (Å²) in [6.07, 6.45) is 1.42. The third kappa shape index (κ3) is 6.69. The second-order valence-electron chi connectivity index (χ2n) is 8.46. The Labute approximate surface area is 196 Å². The topological polar surface area (TPSA) is 115 Å². The van der Waals surface area contributed by atoms with Crippen molar-refractivity contribution in [3.8, 4) is 5.75 Å². The number of hydrogen-bond donors (Lipinski definition) is 2. The molecule has 0 unspecified atom stereocenters. The van der Waals surface area contributed by atoms with Gasteiger partial charge in [0.15, 0.2) is 12.4 Å². The summed E-state index contributed by atoms with van der Waals surface area (Å²) in [6, 6.07) is 12.7. The van der Waals surface area contributed by atoms with Crippen LogP contribution in [0.15, 0.2) is 64.6 Å². The van der Waals surface area contributed by atoms with Crippen molar-refractivity contribution in [1.29, 1.82) is 0 Å². The van der Waals surface area contributed by atoms with Gasteiger partial charge in [0, 0.05) is 10.4 Å². The summed E-state index contributed by atoms with van der Waals surface area (Å²) in [5.74, 6) is -0.759. The minimum absolute atomic E-state index is 0.140. The Balaban J connectivity index is 2.01. The minimum atomic E-state index is -0.936. The Bertz CT molecular complexity index is 1070. The first-order valence-electron chi connectivity index (χ1n) is 10.3. The van der Waals surface area contributed by atoms with Gasteiger partial charge in [-0.3, -0.25) is 14.4 Å². The first-order chi connectivity index (χ1) is 15.6. The average Bonchev–Trinajstić information content (AvgIpc) is 3.45. The molecule has 1 atom stereocenters. The number of nitrogens with two attached hydrogens (primary N) is 1. The van der Waals surface area contributed by atoms with E-state index in [1.54, 1.807) is 36.4 Å². The first-order valence-corrected chi connectivity index (χ1v) is 11.2. The van der Waals surface area contributed by atoms with Crippen LogP contribution in [0.3, 0.4) is 0 Å². The van der Waals surface area contributed by atoms with E-state index in [-0.39, 0.29) is 24.8 Å². The van der Waals surface area contributed by atoms with Crippen molar-refractivity contribution in [2.45, 2.75) is 38.9 Å². The van der Waals surface area contributed by atoms with Crippen LogP contribution in [0.25, 0.3) is 0 Å². The zero-order valence-electron chi connectivity index (χ0n) is 18.7. The van der Waals surface area contributed by atoms with Crippen molar-refractivity contribution in [3.63, 3.8) is 0 Å². The number of primary amides is 1. The smallest absolute Gasteiger partial charge is 0.290 e. The van der Waals surface area contributed by atoms with E-state index in [9.17, 15) is 14.4 Å². The number of ether oxygens (including phenoxy) is 1. The highest BCUT2D eigenvalue weighted by Gasteiger charge is 2.35. The van der Waals surface area contributed by atoms with E-state index >= 15 is 0 Å². The molecule has 0 saturated carbocycles. The normalized spacial score (nSPS) is 12.1. The van der Waals surface area contributed by atoms with Crippen molar-refractivity contribution >= 4 is 29.1 Å². The van der Waals surface area contributed by atoms with Crippen molar-refractivity contribution in [3.05, 3.63) is 76.4 Å². The molecule has 174 valence electrons. The number of benzene rings is 1. The lowest BCUT2D eigenvalue weighted by molar-refractivity contribution is -0.127. The Morgan fingerprint density at radius 2 is 1.85 bits per heavy atom. The molecule has 0 aliphatic heterocycles. The molecular weight excluding hydrogens is 442 g/mol. The zero-order valence-corrected chi connectivity index (χ0v) is 19.6. The number of amides is 3. The monoisotopic (exact) mass is 469 g/mol. The number of rotatable bonds is 9. The fourth-order valence-corrected chi connectivity index (χ4v) is 3.91. The molecule has 3 N–H and O–H groups in total. The maximum atomic E-state index is 13.5. The van der Waals surface area contributed by atoms with Crippen molar-refractivity contribution in [2.24, 2.45) is 5.73 Å². The lowest BCUT2D eigenvalue weighted by Gasteiger charge is -2.33. The van der Waals surface area contributed by atoms with Gasteiger partial charge < -0.3 is 25.1 Å². The second kappa shape index (κ2) is 10.4. The lowest BCUT2D eigenvalue weighted by Crippen LogP contribution is -2.49. The van der Waals surface area contributed by atoms with Gasteiger partial charge in [0.05, 0.1) is 12.8 Å². The number of hydrogen-bond acceptors (Lipinski definition) is 6. The summed E-state index contributed by atoms with van der Waals surface area (Å²) in [7, 11) is 0. The molecule has 0 spiro atoms. The molecule has 0 aliphatic carbocycles. The highest BCUT2D eigenvalue weighted by Crippen LogP contribution is 2.29. The van der Waals surface area contributed by atoms with Gasteiger partial charge in [0.25, 0.3) is 11.8 Å². The molecule has 9 heteroatoms. The van der Waals surface area contributed by atoms with Gasteiger partial charge in [0.1, 0.15) is 11.8 Å². The zero-order chi connectivity index (χ0) is 24.0. The maximum absolute atomic E-state index is 13.5. The highest BCUT2D eigenvalue weighted by atomic mass is 32.1. The van der Waals surface area contributed by atoms with Crippen LogP contribution in [0.4, 0.5) is 0 Å². The van der Waals surface area contributed by atoms with Crippen LogP contribution < -0.4 is 15.8 Å². The molecule has 3 amide bonds. The van der Waals surface area contributed by atoms with Crippen molar-refractivity contribution in [1.82, 2.24) is 10.2 Å². The van der Waals surface area contributed by atoms with Gasteiger partial charge in [-0.1, -0.05) is 18.2 Å². The molecule has 3 rings (SSSR count). The average molecular weight is 470 g/mol. The lowest BCUT2D eigenvalue weighted by atomic mass is 10.0. The number of nitrogens with zero attached hydrogens (tertiary/aromatic N) is 1. The third-order valence-corrected chi connectivity index (χ3v) is 5.40. The molecule has 8 nitrogen and oxygen atoms in total. The third-order valence-electron chi connectivity index (χ3n) is 4.53. The van der Waals surface area contributed by atoms with Crippen LogP contribution in [-0.2, 0) is 16.1 Å².